The van der Waals surface area contributed by atoms with Gasteiger partial charge < -0.3 is 5.32 Å². The maximum Gasteiger partial charge on any atom is 0.256 e. The van der Waals surface area contributed by atoms with E-state index in [9.17, 15) is 4.79 Å². The molecule has 5 heteroatoms. The van der Waals surface area contributed by atoms with E-state index in [1.54, 1.807) is 4.68 Å². The average molecular weight is 358 g/mol. The van der Waals surface area contributed by atoms with Crippen LogP contribution in [0.1, 0.15) is 48.7 Å². The van der Waals surface area contributed by atoms with Crippen LogP contribution in [0.3, 0.4) is 0 Å². The van der Waals surface area contributed by atoms with Crippen molar-refractivity contribution >= 4 is 17.5 Å². The summed E-state index contributed by atoms with van der Waals surface area (Å²) in [6.45, 7) is 3.97. The van der Waals surface area contributed by atoms with E-state index in [4.69, 9.17) is 11.6 Å². The Balaban J connectivity index is 1.53. The average Bonchev–Trinajstić information content (AvgIpc) is 3.30. The Morgan fingerprint density at radius 2 is 2.04 bits per heavy atom. The predicted octanol–water partition coefficient (Wildman–Crippen LogP) is 4.39. The van der Waals surface area contributed by atoms with Gasteiger partial charge in [-0.15, -0.1) is 0 Å². The highest BCUT2D eigenvalue weighted by molar-refractivity contribution is 6.33. The molecular formula is C20H24ClN3O. The molecule has 1 N–H and O–H groups in total. The van der Waals surface area contributed by atoms with E-state index in [0.717, 1.165) is 17.5 Å². The minimum Gasteiger partial charge on any atom is -0.349 e. The number of aromatic nitrogens is 2. The molecule has 2 aromatic rings. The third-order valence-electron chi connectivity index (χ3n) is 6.03. The van der Waals surface area contributed by atoms with Gasteiger partial charge in [-0.25, -0.2) is 4.68 Å². The summed E-state index contributed by atoms with van der Waals surface area (Å²) in [5.41, 5.74) is 2.00. The number of hydrogen-bond donors (Lipinski definition) is 1. The lowest BCUT2D eigenvalue weighted by Crippen LogP contribution is -2.40. The molecule has 0 unspecified atom stereocenters. The van der Waals surface area contributed by atoms with Crippen LogP contribution in [-0.4, -0.2) is 21.7 Å². The molecule has 1 aromatic heterocycles. The summed E-state index contributed by atoms with van der Waals surface area (Å²) in [7, 11) is 0. The number of halogens is 1. The molecule has 4 nitrogen and oxygen atoms in total. The van der Waals surface area contributed by atoms with Crippen molar-refractivity contribution in [2.24, 2.45) is 17.8 Å². The molecule has 0 radical (unpaired) electrons. The topological polar surface area (TPSA) is 46.9 Å². The van der Waals surface area contributed by atoms with Gasteiger partial charge in [-0.1, -0.05) is 36.2 Å². The largest absolute Gasteiger partial charge is 0.349 e. The fourth-order valence-corrected chi connectivity index (χ4v) is 5.15. The lowest BCUT2D eigenvalue weighted by molar-refractivity contribution is 0.0915. The van der Waals surface area contributed by atoms with Gasteiger partial charge in [0.05, 0.1) is 16.9 Å². The van der Waals surface area contributed by atoms with Crippen molar-refractivity contribution in [3.05, 3.63) is 46.7 Å². The second-order valence-corrected chi connectivity index (χ2v) is 7.96. The molecule has 2 saturated carbocycles. The Labute approximate surface area is 153 Å². The van der Waals surface area contributed by atoms with Gasteiger partial charge in [0.2, 0.25) is 0 Å². The minimum atomic E-state index is -0.111. The van der Waals surface area contributed by atoms with E-state index in [2.05, 4.69) is 17.3 Å². The van der Waals surface area contributed by atoms with Crippen molar-refractivity contribution in [3.8, 4) is 5.69 Å². The molecule has 0 spiro atoms. The number of fused-ring (bicyclic) bond motifs is 2. The summed E-state index contributed by atoms with van der Waals surface area (Å²) in [5.74, 6) is 2.15. The molecule has 0 saturated heterocycles. The van der Waals surface area contributed by atoms with Crippen LogP contribution >= 0.6 is 11.6 Å². The van der Waals surface area contributed by atoms with Crippen LogP contribution in [-0.2, 0) is 0 Å². The Bertz CT molecular complexity index is 786. The molecule has 0 aliphatic heterocycles. The number of nitrogens with zero attached hydrogens (tertiary/aromatic N) is 2. The quantitative estimate of drug-likeness (QED) is 0.882. The Hall–Kier alpha value is -1.81. The SMILES string of the molecule is Cc1nn(-c2ccccc2)c(Cl)c1C(=O)N[C@@H](C)[C@@H]1C[C@H]2CC[C@@H]1C2. The van der Waals surface area contributed by atoms with Crippen molar-refractivity contribution in [2.45, 2.75) is 45.6 Å². The lowest BCUT2D eigenvalue weighted by atomic mass is 9.84. The van der Waals surface area contributed by atoms with Gasteiger partial charge in [-0.3, -0.25) is 4.79 Å². The molecule has 1 amide bonds. The number of carbonyl (C=O) groups excluding carboxylic acids is 1. The second-order valence-electron chi connectivity index (χ2n) is 7.60. The second kappa shape index (κ2) is 6.49. The molecular weight excluding hydrogens is 334 g/mol. The van der Waals surface area contributed by atoms with Crippen LogP contribution in [0.2, 0.25) is 5.15 Å². The highest BCUT2D eigenvalue weighted by atomic mass is 35.5. The first kappa shape index (κ1) is 16.6. The predicted molar refractivity (Wildman–Crippen MR) is 99.2 cm³/mol. The third kappa shape index (κ3) is 2.97. The van der Waals surface area contributed by atoms with E-state index < -0.39 is 0 Å². The summed E-state index contributed by atoms with van der Waals surface area (Å²) in [6, 6.07) is 9.84. The van der Waals surface area contributed by atoms with E-state index >= 15 is 0 Å². The Kier molecular flexibility index (Phi) is 4.32. The first-order valence-corrected chi connectivity index (χ1v) is 9.53. The standard InChI is InChI=1S/C20H24ClN3O/c1-12(17-11-14-8-9-15(17)10-14)22-20(25)18-13(2)23-24(19(18)21)16-6-4-3-5-7-16/h3-7,12,14-15,17H,8-11H2,1-2H3,(H,22,25)/t12-,14-,15+,17-/m0/s1. The summed E-state index contributed by atoms with van der Waals surface area (Å²) < 4.78 is 1.63. The minimum absolute atomic E-state index is 0.111. The first-order chi connectivity index (χ1) is 12.0. The van der Waals surface area contributed by atoms with Crippen LogP contribution in [0.5, 0.6) is 0 Å². The number of para-hydroxylation sites is 1. The number of benzene rings is 1. The first-order valence-electron chi connectivity index (χ1n) is 9.16. The molecule has 2 fully saturated rings. The zero-order chi connectivity index (χ0) is 17.6. The van der Waals surface area contributed by atoms with Crippen molar-refractivity contribution in [1.82, 2.24) is 15.1 Å². The van der Waals surface area contributed by atoms with Crippen LogP contribution in [0.4, 0.5) is 0 Å². The molecule has 2 aliphatic rings. The molecule has 1 heterocycles. The molecule has 132 valence electrons. The van der Waals surface area contributed by atoms with Crippen LogP contribution in [0.25, 0.3) is 5.69 Å². The van der Waals surface area contributed by atoms with Crippen molar-refractivity contribution < 1.29 is 4.79 Å². The van der Waals surface area contributed by atoms with Crippen LogP contribution in [0, 0.1) is 24.7 Å². The van der Waals surface area contributed by atoms with Gasteiger partial charge in [0.25, 0.3) is 5.91 Å². The van der Waals surface area contributed by atoms with Crippen LogP contribution in [0.15, 0.2) is 30.3 Å². The summed E-state index contributed by atoms with van der Waals surface area (Å²) in [5, 5.41) is 8.04. The van der Waals surface area contributed by atoms with E-state index in [-0.39, 0.29) is 11.9 Å². The number of nitrogens with one attached hydrogen (secondary N) is 1. The van der Waals surface area contributed by atoms with E-state index in [1.807, 2.05) is 37.3 Å². The number of aryl methyl sites for hydroxylation is 1. The monoisotopic (exact) mass is 357 g/mol. The van der Waals surface area contributed by atoms with Crippen LogP contribution < -0.4 is 5.32 Å². The molecule has 4 rings (SSSR count). The fraction of sp³-hybridized carbons (Fsp3) is 0.500. The highest BCUT2D eigenvalue weighted by Gasteiger charge is 2.42. The normalized spacial score (nSPS) is 26.0. The summed E-state index contributed by atoms with van der Waals surface area (Å²) >= 11 is 6.50. The third-order valence-corrected chi connectivity index (χ3v) is 6.37. The lowest BCUT2D eigenvalue weighted by Gasteiger charge is -2.28. The van der Waals surface area contributed by atoms with Crippen molar-refractivity contribution in [1.29, 1.82) is 0 Å². The van der Waals surface area contributed by atoms with E-state index in [0.29, 0.717) is 22.3 Å². The van der Waals surface area contributed by atoms with Gasteiger partial charge >= 0.3 is 0 Å². The fourth-order valence-electron chi connectivity index (χ4n) is 4.79. The van der Waals surface area contributed by atoms with Gasteiger partial charge in [-0.2, -0.15) is 5.10 Å². The summed E-state index contributed by atoms with van der Waals surface area (Å²) in [6.07, 6.45) is 5.29. The Morgan fingerprint density at radius 1 is 1.28 bits per heavy atom. The molecule has 2 bridgehead atoms. The molecule has 2 aliphatic carbocycles. The van der Waals surface area contributed by atoms with Crippen molar-refractivity contribution in [3.63, 3.8) is 0 Å². The zero-order valence-electron chi connectivity index (χ0n) is 14.7. The van der Waals surface area contributed by atoms with Gasteiger partial charge in [0.1, 0.15) is 5.15 Å². The maximum atomic E-state index is 12.9. The van der Waals surface area contributed by atoms with Gasteiger partial charge in [-0.05, 0) is 63.0 Å². The Morgan fingerprint density at radius 3 is 2.68 bits per heavy atom. The van der Waals surface area contributed by atoms with Gasteiger partial charge in [0, 0.05) is 6.04 Å². The van der Waals surface area contributed by atoms with Crippen molar-refractivity contribution in [2.75, 3.05) is 0 Å². The molecule has 4 atom stereocenters. The molecule has 1 aromatic carbocycles. The highest BCUT2D eigenvalue weighted by Crippen LogP contribution is 2.49. The number of hydrogen-bond acceptors (Lipinski definition) is 2. The van der Waals surface area contributed by atoms with Gasteiger partial charge in [0.15, 0.2) is 0 Å². The smallest absolute Gasteiger partial charge is 0.256 e. The molecule has 25 heavy (non-hydrogen) atoms. The maximum absolute atomic E-state index is 12.9. The number of carbonyl (C=O) groups is 1. The number of amides is 1. The zero-order valence-corrected chi connectivity index (χ0v) is 15.5. The van der Waals surface area contributed by atoms with E-state index in [1.165, 1.54) is 25.7 Å². The number of rotatable bonds is 4. The summed E-state index contributed by atoms with van der Waals surface area (Å²) in [4.78, 5) is 12.9.